The molecular weight excluding hydrogens is 378 g/mol. The molecular formula is C19H17N5O3S. The first-order valence-electron chi connectivity index (χ1n) is 8.26. The topological polar surface area (TPSA) is 119 Å². The zero-order valence-electron chi connectivity index (χ0n) is 15.0. The quantitative estimate of drug-likeness (QED) is 0.663. The van der Waals surface area contributed by atoms with Crippen molar-refractivity contribution in [2.45, 2.75) is 4.90 Å². The number of aromatic nitrogens is 2. The van der Waals surface area contributed by atoms with Crippen molar-refractivity contribution in [1.82, 2.24) is 14.5 Å². The Labute approximate surface area is 162 Å². The van der Waals surface area contributed by atoms with Gasteiger partial charge in [-0.1, -0.05) is 12.1 Å². The number of carbonyl (C=O) groups is 1. The minimum atomic E-state index is -3.85. The van der Waals surface area contributed by atoms with Gasteiger partial charge in [-0.3, -0.25) is 9.89 Å². The standard InChI is InChI=1S/C19H17N5O3S/c1-24(28(26,27)17-7-5-14(12-20)6-8-17)13-19(25)22-16-4-2-3-15(11-16)18-9-10-21-23-18/h2-11H,13H2,1H3,(H,21,23)(H,22,25). The van der Waals surface area contributed by atoms with Gasteiger partial charge in [0.15, 0.2) is 0 Å². The van der Waals surface area contributed by atoms with Gasteiger partial charge in [0.1, 0.15) is 0 Å². The Morgan fingerprint density at radius 1 is 1.21 bits per heavy atom. The number of anilines is 1. The molecule has 0 aliphatic carbocycles. The first-order valence-corrected chi connectivity index (χ1v) is 9.70. The van der Waals surface area contributed by atoms with Gasteiger partial charge in [-0.2, -0.15) is 14.7 Å². The van der Waals surface area contributed by atoms with Crippen LogP contribution in [0.4, 0.5) is 5.69 Å². The number of rotatable bonds is 6. The van der Waals surface area contributed by atoms with Crippen LogP contribution in [-0.4, -0.2) is 42.4 Å². The number of benzene rings is 2. The van der Waals surface area contributed by atoms with Crippen LogP contribution in [0, 0.1) is 11.3 Å². The molecule has 0 saturated heterocycles. The maximum Gasteiger partial charge on any atom is 0.243 e. The highest BCUT2D eigenvalue weighted by molar-refractivity contribution is 7.89. The van der Waals surface area contributed by atoms with E-state index in [0.717, 1.165) is 15.6 Å². The van der Waals surface area contributed by atoms with Gasteiger partial charge in [-0.15, -0.1) is 0 Å². The fraction of sp³-hybridized carbons (Fsp3) is 0.105. The Morgan fingerprint density at radius 3 is 2.61 bits per heavy atom. The second-order valence-electron chi connectivity index (χ2n) is 6.00. The molecule has 0 saturated carbocycles. The largest absolute Gasteiger partial charge is 0.325 e. The van der Waals surface area contributed by atoms with E-state index < -0.39 is 15.9 Å². The summed E-state index contributed by atoms with van der Waals surface area (Å²) >= 11 is 0. The summed E-state index contributed by atoms with van der Waals surface area (Å²) in [5.41, 5.74) is 2.54. The maximum atomic E-state index is 12.6. The lowest BCUT2D eigenvalue weighted by Crippen LogP contribution is -2.34. The van der Waals surface area contributed by atoms with Crippen LogP contribution in [0.15, 0.2) is 65.7 Å². The number of hydrogen-bond donors (Lipinski definition) is 2. The molecule has 1 aromatic heterocycles. The Hall–Kier alpha value is -3.48. The minimum absolute atomic E-state index is 0.0167. The minimum Gasteiger partial charge on any atom is -0.325 e. The average Bonchev–Trinajstić information content (AvgIpc) is 3.23. The zero-order valence-corrected chi connectivity index (χ0v) is 15.8. The van der Waals surface area contributed by atoms with Crippen LogP contribution >= 0.6 is 0 Å². The number of amides is 1. The van der Waals surface area contributed by atoms with Crippen molar-refractivity contribution in [3.63, 3.8) is 0 Å². The first kappa shape index (κ1) is 19.3. The SMILES string of the molecule is CN(CC(=O)Nc1cccc(-c2ccn[nH]2)c1)S(=O)(=O)c1ccc(C#N)cc1. The monoisotopic (exact) mass is 395 g/mol. The highest BCUT2D eigenvalue weighted by atomic mass is 32.2. The molecule has 0 aliphatic heterocycles. The highest BCUT2D eigenvalue weighted by Crippen LogP contribution is 2.20. The van der Waals surface area contributed by atoms with Gasteiger partial charge in [-0.25, -0.2) is 8.42 Å². The summed E-state index contributed by atoms with van der Waals surface area (Å²) in [4.78, 5) is 12.3. The molecule has 142 valence electrons. The van der Waals surface area contributed by atoms with Gasteiger partial charge in [0.05, 0.1) is 28.8 Å². The predicted molar refractivity (Wildman–Crippen MR) is 104 cm³/mol. The Balaban J connectivity index is 1.69. The summed E-state index contributed by atoms with van der Waals surface area (Å²) < 4.78 is 26.1. The maximum absolute atomic E-state index is 12.6. The summed E-state index contributed by atoms with van der Waals surface area (Å²) in [6.07, 6.45) is 1.63. The van der Waals surface area contributed by atoms with Gasteiger partial charge in [0.2, 0.25) is 15.9 Å². The van der Waals surface area contributed by atoms with Crippen LogP contribution in [0.25, 0.3) is 11.3 Å². The first-order chi connectivity index (χ1) is 13.4. The number of nitriles is 1. The number of aromatic amines is 1. The molecule has 3 rings (SSSR count). The van der Waals surface area contributed by atoms with E-state index in [1.165, 1.54) is 31.3 Å². The van der Waals surface area contributed by atoms with Crippen LogP contribution in [0.5, 0.6) is 0 Å². The molecule has 0 bridgehead atoms. The van der Waals surface area contributed by atoms with Crippen molar-refractivity contribution in [3.8, 4) is 17.3 Å². The fourth-order valence-electron chi connectivity index (χ4n) is 2.55. The number of sulfonamides is 1. The van der Waals surface area contributed by atoms with Crippen LogP contribution in [0.3, 0.4) is 0 Å². The molecule has 1 amide bonds. The van der Waals surface area contributed by atoms with Gasteiger partial charge in [-0.05, 0) is 42.5 Å². The summed E-state index contributed by atoms with van der Waals surface area (Å²) in [7, 11) is -2.52. The molecule has 0 atom stereocenters. The van der Waals surface area contributed by atoms with Crippen molar-refractivity contribution in [1.29, 1.82) is 5.26 Å². The number of nitrogens with zero attached hydrogens (tertiary/aromatic N) is 3. The molecule has 0 aliphatic rings. The summed E-state index contributed by atoms with van der Waals surface area (Å²) in [5, 5.41) is 18.2. The van der Waals surface area contributed by atoms with E-state index in [1.807, 2.05) is 12.1 Å². The number of likely N-dealkylation sites (N-methyl/N-ethyl adjacent to an activating group) is 1. The van der Waals surface area contributed by atoms with Crippen LogP contribution in [0.1, 0.15) is 5.56 Å². The van der Waals surface area contributed by atoms with Crippen LogP contribution in [-0.2, 0) is 14.8 Å². The molecule has 0 fully saturated rings. The van der Waals surface area contributed by atoms with E-state index in [4.69, 9.17) is 5.26 Å². The smallest absolute Gasteiger partial charge is 0.243 e. The predicted octanol–water partition coefficient (Wildman–Crippen LogP) is 2.21. The van der Waals surface area contributed by atoms with E-state index >= 15 is 0 Å². The third-order valence-corrected chi connectivity index (χ3v) is 5.83. The molecule has 1 heterocycles. The van der Waals surface area contributed by atoms with E-state index in [2.05, 4.69) is 15.5 Å². The summed E-state index contributed by atoms with van der Waals surface area (Å²) in [6.45, 7) is -0.351. The number of carbonyl (C=O) groups excluding carboxylic acids is 1. The molecule has 8 nitrogen and oxygen atoms in total. The van der Waals surface area contributed by atoms with E-state index in [-0.39, 0.29) is 11.4 Å². The van der Waals surface area contributed by atoms with E-state index in [1.54, 1.807) is 30.5 Å². The molecule has 0 spiro atoms. The molecule has 0 radical (unpaired) electrons. The molecule has 2 N–H and O–H groups in total. The van der Waals surface area contributed by atoms with E-state index in [9.17, 15) is 13.2 Å². The highest BCUT2D eigenvalue weighted by Gasteiger charge is 2.23. The van der Waals surface area contributed by atoms with Crippen molar-refractivity contribution >= 4 is 21.6 Å². The van der Waals surface area contributed by atoms with Crippen molar-refractivity contribution in [3.05, 3.63) is 66.4 Å². The lowest BCUT2D eigenvalue weighted by molar-refractivity contribution is -0.116. The molecule has 3 aromatic rings. The molecule has 2 aromatic carbocycles. The summed E-state index contributed by atoms with van der Waals surface area (Å²) in [6, 6.07) is 16.4. The van der Waals surface area contributed by atoms with Gasteiger partial charge in [0, 0.05) is 24.5 Å². The van der Waals surface area contributed by atoms with Gasteiger partial charge in [0.25, 0.3) is 0 Å². The van der Waals surface area contributed by atoms with E-state index in [0.29, 0.717) is 11.3 Å². The molecule has 0 unspecified atom stereocenters. The average molecular weight is 395 g/mol. The molecule has 28 heavy (non-hydrogen) atoms. The zero-order chi connectivity index (χ0) is 20.1. The Morgan fingerprint density at radius 2 is 1.96 bits per heavy atom. The third-order valence-electron chi connectivity index (χ3n) is 4.02. The van der Waals surface area contributed by atoms with Crippen LogP contribution in [0.2, 0.25) is 0 Å². The Bertz CT molecular complexity index is 1120. The van der Waals surface area contributed by atoms with Crippen molar-refractivity contribution in [2.75, 3.05) is 18.9 Å². The third kappa shape index (κ3) is 4.25. The van der Waals surface area contributed by atoms with Crippen molar-refractivity contribution < 1.29 is 13.2 Å². The normalized spacial score (nSPS) is 11.2. The van der Waals surface area contributed by atoms with Crippen molar-refractivity contribution in [2.24, 2.45) is 0 Å². The Kier molecular flexibility index (Phi) is 5.54. The second-order valence-corrected chi connectivity index (χ2v) is 8.04. The lowest BCUT2D eigenvalue weighted by Gasteiger charge is -2.17. The number of H-pyrrole nitrogens is 1. The fourth-order valence-corrected chi connectivity index (χ4v) is 3.68. The molecule has 9 heteroatoms. The lowest BCUT2D eigenvalue weighted by atomic mass is 10.1. The second kappa shape index (κ2) is 8.04. The number of nitrogens with one attached hydrogen (secondary N) is 2. The summed E-state index contributed by atoms with van der Waals surface area (Å²) in [5.74, 6) is -0.471. The van der Waals surface area contributed by atoms with Gasteiger partial charge >= 0.3 is 0 Å². The number of hydrogen-bond acceptors (Lipinski definition) is 5. The van der Waals surface area contributed by atoms with Crippen LogP contribution < -0.4 is 5.32 Å². The van der Waals surface area contributed by atoms with Gasteiger partial charge < -0.3 is 5.32 Å².